The largest absolute Gasteiger partial charge is 0.367 e. The molecule has 10 nitrogen and oxygen atoms in total. The minimum absolute atomic E-state index is 0.0674. The van der Waals surface area contributed by atoms with Crippen molar-refractivity contribution in [1.82, 2.24) is 15.1 Å². The van der Waals surface area contributed by atoms with Gasteiger partial charge < -0.3 is 25.0 Å². The van der Waals surface area contributed by atoms with Gasteiger partial charge in [-0.25, -0.2) is 9.78 Å². The molecule has 0 aromatic rings. The number of fused-ring (bicyclic) bond motifs is 2. The predicted molar refractivity (Wildman–Crippen MR) is 116 cm³/mol. The molecule has 8 atom stereocenters. The first-order chi connectivity index (χ1) is 15.7. The van der Waals surface area contributed by atoms with E-state index in [4.69, 9.17) is 29.5 Å². The smallest absolute Gasteiger partial charge is 0.236 e. The monoisotopic (exact) mass is 469 g/mol. The molecular formula is C23H39N3O7. The summed E-state index contributed by atoms with van der Waals surface area (Å²) in [6.07, 6.45) is 1.54. The molecule has 1 amide bonds. The lowest BCUT2D eigenvalue weighted by molar-refractivity contribution is -0.571. The Morgan fingerprint density at radius 1 is 1.06 bits per heavy atom. The second kappa shape index (κ2) is 8.98. The standard InChI is InChI=1S/C23H39N3O7/c1-14-4-5-17-15(2)20(24-18(27)12-25-8-10-26(11-9-25)13-19(28)29)30-21-23(17)16(14)6-7-22(3,31-21)32-33-23/h14-17,19-21,28-29H,4-13H2,1-3H3,(H,24,27). The first kappa shape index (κ1) is 23.9. The van der Waals surface area contributed by atoms with E-state index >= 15 is 0 Å². The Bertz CT molecular complexity index is 733. The SMILES string of the molecule is CC1CCC2C(C)C(NC(=O)CN3CCN(CC(O)O)CC3)OC3OC4(C)CCC1C32OO4. The maximum Gasteiger partial charge on any atom is 0.236 e. The topological polar surface area (TPSA) is 113 Å². The van der Waals surface area contributed by atoms with Gasteiger partial charge in [-0.1, -0.05) is 13.8 Å². The Kier molecular flexibility index (Phi) is 6.50. The third-order valence-electron chi connectivity index (χ3n) is 8.71. The van der Waals surface area contributed by atoms with Crippen molar-refractivity contribution >= 4 is 5.91 Å². The Morgan fingerprint density at radius 2 is 1.79 bits per heavy atom. The summed E-state index contributed by atoms with van der Waals surface area (Å²) in [6.45, 7) is 9.69. The normalized spacial score (nSPS) is 46.1. The first-order valence-corrected chi connectivity index (χ1v) is 12.5. The molecule has 188 valence electrons. The van der Waals surface area contributed by atoms with E-state index in [0.29, 0.717) is 44.6 Å². The summed E-state index contributed by atoms with van der Waals surface area (Å²) in [4.78, 5) is 29.0. The summed E-state index contributed by atoms with van der Waals surface area (Å²) in [6, 6.07) is 0. The van der Waals surface area contributed by atoms with Crippen molar-refractivity contribution in [3.05, 3.63) is 0 Å². The molecule has 6 rings (SSSR count). The molecule has 1 saturated carbocycles. The zero-order chi connectivity index (χ0) is 23.4. The van der Waals surface area contributed by atoms with Crippen LogP contribution >= 0.6 is 0 Å². The van der Waals surface area contributed by atoms with Crippen LogP contribution in [0.15, 0.2) is 0 Å². The molecule has 6 aliphatic rings. The number of nitrogens with one attached hydrogen (secondary N) is 1. The zero-order valence-corrected chi connectivity index (χ0v) is 19.9. The average Bonchev–Trinajstić information content (AvgIpc) is 2.99. The maximum atomic E-state index is 12.9. The van der Waals surface area contributed by atoms with Crippen LogP contribution in [0.5, 0.6) is 0 Å². The van der Waals surface area contributed by atoms with Gasteiger partial charge in [0.25, 0.3) is 0 Å². The maximum absolute atomic E-state index is 12.9. The summed E-state index contributed by atoms with van der Waals surface area (Å²) in [5.74, 6) is 0.161. The van der Waals surface area contributed by atoms with Crippen molar-refractivity contribution < 1.29 is 34.3 Å². The molecule has 33 heavy (non-hydrogen) atoms. The molecule has 5 saturated heterocycles. The van der Waals surface area contributed by atoms with E-state index in [9.17, 15) is 4.79 Å². The van der Waals surface area contributed by atoms with Crippen LogP contribution in [0.25, 0.3) is 0 Å². The van der Waals surface area contributed by atoms with Crippen molar-refractivity contribution in [2.24, 2.45) is 23.7 Å². The molecular weight excluding hydrogens is 430 g/mol. The van der Waals surface area contributed by atoms with Crippen LogP contribution in [0, 0.1) is 23.7 Å². The zero-order valence-electron chi connectivity index (χ0n) is 19.9. The highest BCUT2D eigenvalue weighted by molar-refractivity contribution is 5.78. The van der Waals surface area contributed by atoms with Crippen molar-refractivity contribution in [2.45, 2.75) is 76.7 Å². The molecule has 1 aliphatic carbocycles. The van der Waals surface area contributed by atoms with Crippen LogP contribution in [0.2, 0.25) is 0 Å². The van der Waals surface area contributed by atoms with Crippen LogP contribution in [-0.4, -0.2) is 95.4 Å². The fourth-order valence-electron chi connectivity index (χ4n) is 6.84. The number of aliphatic hydroxyl groups excluding tert-OH is 1. The van der Waals surface area contributed by atoms with E-state index in [-0.39, 0.29) is 24.3 Å². The predicted octanol–water partition coefficient (Wildman–Crippen LogP) is 0.239. The first-order valence-electron chi connectivity index (χ1n) is 12.5. The number of amides is 1. The van der Waals surface area contributed by atoms with E-state index in [1.54, 1.807) is 0 Å². The molecule has 6 fully saturated rings. The molecule has 10 heteroatoms. The fourth-order valence-corrected chi connectivity index (χ4v) is 6.84. The molecule has 0 aromatic heterocycles. The quantitative estimate of drug-likeness (QED) is 0.385. The number of carbonyl (C=O) groups is 1. The summed E-state index contributed by atoms with van der Waals surface area (Å²) in [7, 11) is 0. The highest BCUT2D eigenvalue weighted by Gasteiger charge is 2.69. The number of ether oxygens (including phenoxy) is 2. The number of hydrogen-bond acceptors (Lipinski definition) is 9. The van der Waals surface area contributed by atoms with Crippen molar-refractivity contribution in [2.75, 3.05) is 39.3 Å². The molecule has 1 spiro atoms. The lowest BCUT2D eigenvalue weighted by Crippen LogP contribution is -2.72. The summed E-state index contributed by atoms with van der Waals surface area (Å²) in [5, 5.41) is 21.4. The molecule has 5 aliphatic heterocycles. The number of β-amino-alcohol motifs (C(OH)–C–C–N with tert-alkyl or cyclic N) is 2. The lowest BCUT2D eigenvalue weighted by atomic mass is 9.58. The van der Waals surface area contributed by atoms with Crippen molar-refractivity contribution in [3.8, 4) is 0 Å². The van der Waals surface area contributed by atoms with E-state index in [1.807, 2.05) is 11.8 Å². The molecule has 2 bridgehead atoms. The fraction of sp³-hybridized carbons (Fsp3) is 0.957. The molecule has 5 heterocycles. The summed E-state index contributed by atoms with van der Waals surface area (Å²) < 4.78 is 12.8. The van der Waals surface area contributed by atoms with E-state index in [2.05, 4.69) is 24.1 Å². The number of hydrogen-bond donors (Lipinski definition) is 3. The van der Waals surface area contributed by atoms with E-state index in [1.165, 1.54) is 0 Å². The second-order valence-corrected chi connectivity index (χ2v) is 11.0. The van der Waals surface area contributed by atoms with E-state index in [0.717, 1.165) is 25.7 Å². The average molecular weight is 470 g/mol. The lowest BCUT2D eigenvalue weighted by Gasteiger charge is -2.60. The van der Waals surface area contributed by atoms with Crippen LogP contribution in [0.4, 0.5) is 0 Å². The second-order valence-electron chi connectivity index (χ2n) is 11.0. The van der Waals surface area contributed by atoms with Gasteiger partial charge in [0.1, 0.15) is 6.23 Å². The van der Waals surface area contributed by atoms with Gasteiger partial charge in [0.2, 0.25) is 11.7 Å². The van der Waals surface area contributed by atoms with Crippen molar-refractivity contribution in [1.29, 1.82) is 0 Å². The number of carbonyl (C=O) groups excluding carboxylic acids is 1. The third-order valence-corrected chi connectivity index (χ3v) is 8.71. The van der Waals surface area contributed by atoms with Crippen LogP contribution in [-0.2, 0) is 24.0 Å². The molecule has 3 N–H and O–H groups in total. The Labute approximate surface area is 195 Å². The summed E-state index contributed by atoms with van der Waals surface area (Å²) in [5.41, 5.74) is -0.623. The van der Waals surface area contributed by atoms with Gasteiger partial charge in [-0.2, -0.15) is 0 Å². The van der Waals surface area contributed by atoms with E-state index < -0.39 is 30.2 Å². The van der Waals surface area contributed by atoms with Crippen LogP contribution in [0.3, 0.4) is 0 Å². The van der Waals surface area contributed by atoms with Gasteiger partial charge in [0.15, 0.2) is 18.2 Å². The van der Waals surface area contributed by atoms with Crippen LogP contribution < -0.4 is 5.32 Å². The van der Waals surface area contributed by atoms with Gasteiger partial charge in [-0.05, 0) is 38.0 Å². The van der Waals surface area contributed by atoms with Gasteiger partial charge >= 0.3 is 0 Å². The van der Waals surface area contributed by atoms with Gasteiger partial charge in [-0.3, -0.25) is 14.6 Å². The summed E-state index contributed by atoms with van der Waals surface area (Å²) >= 11 is 0. The van der Waals surface area contributed by atoms with Gasteiger partial charge in [0.05, 0.1) is 6.54 Å². The number of nitrogens with zero attached hydrogens (tertiary/aromatic N) is 2. The van der Waals surface area contributed by atoms with Gasteiger partial charge in [0, 0.05) is 51.0 Å². The number of aliphatic hydroxyl groups is 2. The highest BCUT2D eigenvalue weighted by Crippen LogP contribution is 2.60. The molecule has 0 aromatic carbocycles. The van der Waals surface area contributed by atoms with Gasteiger partial charge in [-0.15, -0.1) is 0 Å². The molecule has 8 unspecified atom stereocenters. The Balaban J connectivity index is 1.24. The minimum Gasteiger partial charge on any atom is -0.367 e. The third kappa shape index (κ3) is 4.33. The number of rotatable bonds is 5. The Hall–Kier alpha value is -0.850. The van der Waals surface area contributed by atoms with Crippen LogP contribution in [0.1, 0.15) is 46.5 Å². The number of piperazine rings is 1. The minimum atomic E-state index is -1.33. The highest BCUT2D eigenvalue weighted by atomic mass is 17.3. The molecule has 0 radical (unpaired) electrons. The van der Waals surface area contributed by atoms with Crippen molar-refractivity contribution in [3.63, 3.8) is 0 Å². The Morgan fingerprint density at radius 3 is 2.52 bits per heavy atom.